The molecule has 3 heterocycles. The van der Waals surface area contributed by atoms with Gasteiger partial charge >= 0.3 is 0 Å². The second kappa shape index (κ2) is 9.32. The molecule has 8 heteroatoms. The van der Waals surface area contributed by atoms with E-state index in [0.717, 1.165) is 34.0 Å². The van der Waals surface area contributed by atoms with Gasteiger partial charge in [0.25, 0.3) is 0 Å². The number of nitrogens with zero attached hydrogens (tertiary/aromatic N) is 3. The molecule has 0 saturated heterocycles. The summed E-state index contributed by atoms with van der Waals surface area (Å²) in [6.45, 7) is 1.31. The summed E-state index contributed by atoms with van der Waals surface area (Å²) in [4.78, 5) is 12.8. The van der Waals surface area contributed by atoms with E-state index in [1.807, 2.05) is 24.3 Å². The van der Waals surface area contributed by atoms with Crippen molar-refractivity contribution in [2.24, 2.45) is 0 Å². The van der Waals surface area contributed by atoms with E-state index in [9.17, 15) is 8.42 Å². The van der Waals surface area contributed by atoms with Gasteiger partial charge in [-0.05, 0) is 59.3 Å². The molecule has 2 aromatic heterocycles. The first-order valence-electron chi connectivity index (χ1n) is 10.9. The van der Waals surface area contributed by atoms with E-state index in [0.29, 0.717) is 24.7 Å². The van der Waals surface area contributed by atoms with Gasteiger partial charge in [0, 0.05) is 23.3 Å². The fourth-order valence-corrected chi connectivity index (χ4v) is 5.44. The lowest BCUT2D eigenvalue weighted by Crippen LogP contribution is -2.06. The number of aromatic nitrogens is 3. The summed E-state index contributed by atoms with van der Waals surface area (Å²) in [6.07, 6.45) is 7.52. The Bertz CT molecular complexity index is 1480. The summed E-state index contributed by atoms with van der Waals surface area (Å²) in [5.74, 6) is 0.519. The Kier molecular flexibility index (Phi) is 6.08. The van der Waals surface area contributed by atoms with Crippen LogP contribution >= 0.6 is 0 Å². The minimum atomic E-state index is -3.57. The standard InChI is InChI=1S/C26H23N3O4S/c1-32-25-5-2-19(18-8-12-33-13-9-18)15-24(25)26-23-4-3-22(14-20(23)6-11-28-26)34(30,31)16-21-7-10-27-17-29-21/h2-8,10-11,14-15,17H,9,12-13,16H2,1H3. The molecule has 0 atom stereocenters. The summed E-state index contributed by atoms with van der Waals surface area (Å²) in [5, 5.41) is 1.63. The maximum absolute atomic E-state index is 13.0. The number of sulfone groups is 1. The Hall–Kier alpha value is -3.62. The second-order valence-electron chi connectivity index (χ2n) is 7.97. The minimum absolute atomic E-state index is 0.187. The molecule has 0 bridgehead atoms. The predicted molar refractivity (Wildman–Crippen MR) is 130 cm³/mol. The number of pyridine rings is 1. The van der Waals surface area contributed by atoms with Gasteiger partial charge in [0.2, 0.25) is 0 Å². The Balaban J connectivity index is 1.57. The van der Waals surface area contributed by atoms with Crippen molar-refractivity contribution in [3.8, 4) is 17.0 Å². The molecule has 34 heavy (non-hydrogen) atoms. The van der Waals surface area contributed by atoms with Gasteiger partial charge < -0.3 is 9.47 Å². The highest BCUT2D eigenvalue weighted by Gasteiger charge is 2.19. The molecule has 0 aliphatic carbocycles. The third kappa shape index (κ3) is 4.42. The lowest BCUT2D eigenvalue weighted by atomic mass is 9.96. The molecule has 172 valence electrons. The molecule has 2 aromatic carbocycles. The first kappa shape index (κ1) is 22.2. The van der Waals surface area contributed by atoms with E-state index in [2.05, 4.69) is 27.1 Å². The zero-order chi connectivity index (χ0) is 23.5. The fraction of sp³-hybridized carbons (Fsp3) is 0.192. The molecule has 5 rings (SSSR count). The number of hydrogen-bond acceptors (Lipinski definition) is 7. The van der Waals surface area contributed by atoms with E-state index in [-0.39, 0.29) is 10.6 Å². The van der Waals surface area contributed by atoms with Crippen LogP contribution in [0.1, 0.15) is 17.7 Å². The van der Waals surface area contributed by atoms with Crippen molar-refractivity contribution in [1.29, 1.82) is 0 Å². The van der Waals surface area contributed by atoms with Gasteiger partial charge in [-0.1, -0.05) is 18.2 Å². The maximum Gasteiger partial charge on any atom is 0.184 e. The van der Waals surface area contributed by atoms with Gasteiger partial charge in [-0.25, -0.2) is 18.4 Å². The Morgan fingerprint density at radius 3 is 2.71 bits per heavy atom. The van der Waals surface area contributed by atoms with Crippen LogP contribution in [0.25, 0.3) is 27.6 Å². The zero-order valence-electron chi connectivity index (χ0n) is 18.6. The van der Waals surface area contributed by atoms with Gasteiger partial charge in [-0.15, -0.1) is 0 Å². The molecule has 0 unspecified atom stereocenters. The van der Waals surface area contributed by atoms with Crippen molar-refractivity contribution < 1.29 is 17.9 Å². The molecule has 4 aromatic rings. The molecule has 0 saturated carbocycles. The zero-order valence-corrected chi connectivity index (χ0v) is 19.5. The average Bonchev–Trinajstić information content (AvgIpc) is 2.88. The van der Waals surface area contributed by atoms with E-state index < -0.39 is 9.84 Å². The van der Waals surface area contributed by atoms with Gasteiger partial charge in [-0.2, -0.15) is 0 Å². The Morgan fingerprint density at radius 2 is 1.94 bits per heavy atom. The molecule has 1 aliphatic rings. The molecule has 7 nitrogen and oxygen atoms in total. The highest BCUT2D eigenvalue weighted by atomic mass is 32.2. The molecule has 1 aliphatic heterocycles. The quantitative estimate of drug-likeness (QED) is 0.408. The van der Waals surface area contributed by atoms with Gasteiger partial charge in [0.1, 0.15) is 12.1 Å². The molecule has 0 spiro atoms. The van der Waals surface area contributed by atoms with Crippen LogP contribution < -0.4 is 4.74 Å². The summed E-state index contributed by atoms with van der Waals surface area (Å²) < 4.78 is 37.1. The van der Waals surface area contributed by atoms with Crippen molar-refractivity contribution in [2.75, 3.05) is 20.3 Å². The number of methoxy groups -OCH3 is 1. The molecule has 0 amide bonds. The Labute approximate surface area is 198 Å². The minimum Gasteiger partial charge on any atom is -0.496 e. The number of hydrogen-bond donors (Lipinski definition) is 0. The van der Waals surface area contributed by atoms with Crippen LogP contribution in [-0.2, 0) is 20.3 Å². The van der Waals surface area contributed by atoms with Crippen LogP contribution in [0.3, 0.4) is 0 Å². The number of fused-ring (bicyclic) bond motifs is 1. The molecular formula is C26H23N3O4S. The van der Waals surface area contributed by atoms with E-state index >= 15 is 0 Å². The summed E-state index contributed by atoms with van der Waals surface area (Å²) in [6, 6.07) is 14.6. The van der Waals surface area contributed by atoms with Crippen LogP contribution in [0.15, 0.2) is 78.2 Å². The van der Waals surface area contributed by atoms with E-state index in [1.165, 1.54) is 18.1 Å². The highest BCUT2D eigenvalue weighted by molar-refractivity contribution is 7.90. The van der Waals surface area contributed by atoms with Crippen LogP contribution in [0.2, 0.25) is 0 Å². The normalized spacial score (nSPS) is 14.1. The maximum atomic E-state index is 13.0. The second-order valence-corrected chi connectivity index (χ2v) is 9.96. The van der Waals surface area contributed by atoms with Gasteiger partial charge in [0.15, 0.2) is 9.84 Å². The molecular weight excluding hydrogens is 450 g/mol. The monoisotopic (exact) mass is 473 g/mol. The van der Waals surface area contributed by atoms with Crippen LogP contribution in [0, 0.1) is 0 Å². The highest BCUT2D eigenvalue weighted by Crippen LogP contribution is 2.37. The topological polar surface area (TPSA) is 91.3 Å². The third-order valence-electron chi connectivity index (χ3n) is 5.86. The van der Waals surface area contributed by atoms with Crippen molar-refractivity contribution >= 4 is 26.2 Å². The average molecular weight is 474 g/mol. The van der Waals surface area contributed by atoms with E-state index in [1.54, 1.807) is 31.5 Å². The molecule has 0 fully saturated rings. The summed E-state index contributed by atoms with van der Waals surface area (Å²) in [7, 11) is -1.94. The van der Waals surface area contributed by atoms with Crippen molar-refractivity contribution in [2.45, 2.75) is 17.1 Å². The number of rotatable bonds is 6. The summed E-state index contributed by atoms with van der Waals surface area (Å²) >= 11 is 0. The Morgan fingerprint density at radius 1 is 1.03 bits per heavy atom. The lowest BCUT2D eigenvalue weighted by molar-refractivity contribution is 0.161. The molecule has 0 N–H and O–H groups in total. The SMILES string of the molecule is COc1ccc(C2=CCOCC2)cc1-c1nccc2cc(S(=O)(=O)Cc3ccncn3)ccc12. The lowest BCUT2D eigenvalue weighted by Gasteiger charge is -2.17. The molecule has 0 radical (unpaired) electrons. The first-order valence-corrected chi connectivity index (χ1v) is 12.5. The van der Waals surface area contributed by atoms with Gasteiger partial charge in [0.05, 0.1) is 42.4 Å². The largest absolute Gasteiger partial charge is 0.496 e. The van der Waals surface area contributed by atoms with Crippen molar-refractivity contribution in [1.82, 2.24) is 15.0 Å². The van der Waals surface area contributed by atoms with E-state index in [4.69, 9.17) is 9.47 Å². The first-order chi connectivity index (χ1) is 16.5. The van der Waals surface area contributed by atoms with Crippen LogP contribution in [-0.4, -0.2) is 43.7 Å². The van der Waals surface area contributed by atoms with Crippen LogP contribution in [0.5, 0.6) is 5.75 Å². The van der Waals surface area contributed by atoms with Gasteiger partial charge in [-0.3, -0.25) is 4.98 Å². The summed E-state index contributed by atoms with van der Waals surface area (Å²) in [5.41, 5.74) is 4.38. The van der Waals surface area contributed by atoms with Crippen molar-refractivity contribution in [3.63, 3.8) is 0 Å². The van der Waals surface area contributed by atoms with Crippen LogP contribution in [0.4, 0.5) is 0 Å². The smallest absolute Gasteiger partial charge is 0.184 e. The third-order valence-corrected chi connectivity index (χ3v) is 7.51. The predicted octanol–water partition coefficient (Wildman–Crippen LogP) is 4.48. The fourth-order valence-electron chi connectivity index (χ4n) is 4.13. The van der Waals surface area contributed by atoms with Crippen molar-refractivity contribution in [3.05, 3.63) is 84.6 Å². The number of benzene rings is 2. The number of ether oxygens (including phenoxy) is 2.